The maximum absolute atomic E-state index is 12.3. The fourth-order valence-electron chi connectivity index (χ4n) is 2.14. The van der Waals surface area contributed by atoms with Crippen molar-refractivity contribution in [2.45, 2.75) is 45.9 Å². The van der Waals surface area contributed by atoms with Gasteiger partial charge in [0.05, 0.1) is 4.90 Å². The van der Waals surface area contributed by atoms with Crippen LogP contribution in [0.4, 0.5) is 0 Å². The average molecular weight is 269 g/mol. The van der Waals surface area contributed by atoms with Gasteiger partial charge in [0.2, 0.25) is 10.0 Å². The van der Waals surface area contributed by atoms with Crippen LogP contribution in [0.25, 0.3) is 0 Å². The van der Waals surface area contributed by atoms with E-state index < -0.39 is 10.0 Å². The van der Waals surface area contributed by atoms with Crippen molar-refractivity contribution in [3.05, 3.63) is 28.8 Å². The Morgan fingerprint density at radius 1 is 1.11 bits per heavy atom. The third-order valence-electron chi connectivity index (χ3n) is 2.89. The SMILES string of the molecule is Cc1cc(C)c(S(=O)(=O)NCCC(C)C)c(C)c1. The molecule has 1 rings (SSSR count). The van der Waals surface area contributed by atoms with E-state index in [9.17, 15) is 8.42 Å². The molecule has 102 valence electrons. The van der Waals surface area contributed by atoms with E-state index in [2.05, 4.69) is 18.6 Å². The molecule has 0 radical (unpaired) electrons. The third-order valence-corrected chi connectivity index (χ3v) is 4.65. The van der Waals surface area contributed by atoms with Crippen molar-refractivity contribution in [1.29, 1.82) is 0 Å². The molecular formula is C14H23NO2S. The van der Waals surface area contributed by atoms with Crippen LogP contribution in [-0.2, 0) is 10.0 Å². The van der Waals surface area contributed by atoms with Gasteiger partial charge in [-0.15, -0.1) is 0 Å². The summed E-state index contributed by atoms with van der Waals surface area (Å²) in [5.41, 5.74) is 2.71. The van der Waals surface area contributed by atoms with Gasteiger partial charge in [0.1, 0.15) is 0 Å². The van der Waals surface area contributed by atoms with Crippen molar-refractivity contribution in [2.24, 2.45) is 5.92 Å². The minimum absolute atomic E-state index is 0.428. The zero-order chi connectivity index (χ0) is 13.9. The topological polar surface area (TPSA) is 46.2 Å². The maximum atomic E-state index is 12.3. The van der Waals surface area contributed by atoms with Crippen LogP contribution >= 0.6 is 0 Å². The van der Waals surface area contributed by atoms with Crippen LogP contribution in [0, 0.1) is 26.7 Å². The van der Waals surface area contributed by atoms with Crippen LogP contribution in [0.5, 0.6) is 0 Å². The van der Waals surface area contributed by atoms with Gasteiger partial charge >= 0.3 is 0 Å². The van der Waals surface area contributed by atoms with Crippen molar-refractivity contribution in [3.8, 4) is 0 Å². The van der Waals surface area contributed by atoms with E-state index in [4.69, 9.17) is 0 Å². The fourth-order valence-corrected chi connectivity index (χ4v) is 3.64. The molecule has 1 N–H and O–H groups in total. The first-order chi connectivity index (χ1) is 8.24. The second-order valence-electron chi connectivity index (χ2n) is 5.31. The summed E-state index contributed by atoms with van der Waals surface area (Å²) in [6.07, 6.45) is 0.850. The van der Waals surface area contributed by atoms with Crippen LogP contribution in [0.2, 0.25) is 0 Å². The lowest BCUT2D eigenvalue weighted by Gasteiger charge is -2.13. The van der Waals surface area contributed by atoms with Gasteiger partial charge < -0.3 is 0 Å². The molecule has 0 aromatic heterocycles. The predicted molar refractivity (Wildman–Crippen MR) is 75.3 cm³/mol. The molecule has 18 heavy (non-hydrogen) atoms. The van der Waals surface area contributed by atoms with Gasteiger partial charge in [-0.05, 0) is 44.2 Å². The van der Waals surface area contributed by atoms with Gasteiger partial charge in [0, 0.05) is 6.54 Å². The Balaban J connectivity index is 2.99. The monoisotopic (exact) mass is 269 g/mol. The maximum Gasteiger partial charge on any atom is 0.241 e. The minimum Gasteiger partial charge on any atom is -0.211 e. The summed E-state index contributed by atoms with van der Waals surface area (Å²) in [4.78, 5) is 0.428. The van der Waals surface area contributed by atoms with E-state index in [0.29, 0.717) is 17.4 Å². The lowest BCUT2D eigenvalue weighted by atomic mass is 10.1. The van der Waals surface area contributed by atoms with Crippen LogP contribution in [-0.4, -0.2) is 15.0 Å². The molecule has 4 heteroatoms. The molecule has 1 aromatic rings. The number of aryl methyl sites for hydroxylation is 3. The quantitative estimate of drug-likeness (QED) is 0.893. The zero-order valence-corrected chi connectivity index (χ0v) is 12.7. The summed E-state index contributed by atoms with van der Waals surface area (Å²) in [6.45, 7) is 10.3. The molecule has 0 saturated carbocycles. The minimum atomic E-state index is -3.38. The van der Waals surface area contributed by atoms with Crippen LogP contribution < -0.4 is 4.72 Å². The molecule has 0 saturated heterocycles. The highest BCUT2D eigenvalue weighted by Gasteiger charge is 2.19. The average Bonchev–Trinajstić information content (AvgIpc) is 2.13. The number of nitrogens with one attached hydrogen (secondary N) is 1. The van der Waals surface area contributed by atoms with Gasteiger partial charge in [-0.25, -0.2) is 13.1 Å². The zero-order valence-electron chi connectivity index (χ0n) is 11.9. The summed E-state index contributed by atoms with van der Waals surface area (Å²) in [5, 5.41) is 0. The Morgan fingerprint density at radius 2 is 1.61 bits per heavy atom. The number of sulfonamides is 1. The van der Waals surface area contributed by atoms with Crippen molar-refractivity contribution in [3.63, 3.8) is 0 Å². The third kappa shape index (κ3) is 3.82. The lowest BCUT2D eigenvalue weighted by Crippen LogP contribution is -2.27. The Morgan fingerprint density at radius 3 is 2.06 bits per heavy atom. The summed E-state index contributed by atoms with van der Waals surface area (Å²) < 4.78 is 27.2. The van der Waals surface area contributed by atoms with Gasteiger partial charge in [-0.3, -0.25) is 0 Å². The summed E-state index contributed by atoms with van der Waals surface area (Å²) in [7, 11) is -3.38. The summed E-state index contributed by atoms with van der Waals surface area (Å²) in [5.74, 6) is 0.493. The van der Waals surface area contributed by atoms with Crippen molar-refractivity contribution >= 4 is 10.0 Å². The Bertz CT molecular complexity index is 496. The number of benzene rings is 1. The Labute approximate surface area is 111 Å². The van der Waals surface area contributed by atoms with E-state index in [-0.39, 0.29) is 0 Å². The standard InChI is InChI=1S/C14H23NO2S/c1-10(2)6-7-15-18(16,17)14-12(4)8-11(3)9-13(14)5/h8-10,15H,6-7H2,1-5H3. The molecule has 0 fully saturated rings. The molecule has 1 aromatic carbocycles. The first-order valence-electron chi connectivity index (χ1n) is 6.31. The molecular weight excluding hydrogens is 246 g/mol. The molecule has 3 nitrogen and oxygen atoms in total. The van der Waals surface area contributed by atoms with E-state index in [1.54, 1.807) is 0 Å². The van der Waals surface area contributed by atoms with E-state index >= 15 is 0 Å². The molecule has 0 aliphatic rings. The molecule has 0 atom stereocenters. The lowest BCUT2D eigenvalue weighted by molar-refractivity contribution is 0.551. The van der Waals surface area contributed by atoms with Crippen LogP contribution in [0.3, 0.4) is 0 Å². The van der Waals surface area contributed by atoms with Crippen molar-refractivity contribution < 1.29 is 8.42 Å². The Kier molecular flexibility index (Phi) is 4.93. The van der Waals surface area contributed by atoms with Gasteiger partial charge in [0.15, 0.2) is 0 Å². The van der Waals surface area contributed by atoms with Gasteiger partial charge in [0.25, 0.3) is 0 Å². The second-order valence-corrected chi connectivity index (χ2v) is 7.01. The highest BCUT2D eigenvalue weighted by atomic mass is 32.2. The predicted octanol–water partition coefficient (Wildman–Crippen LogP) is 2.94. The molecule has 0 bridgehead atoms. The molecule has 0 unspecified atom stereocenters. The number of rotatable bonds is 5. The van der Waals surface area contributed by atoms with Crippen molar-refractivity contribution in [1.82, 2.24) is 4.72 Å². The van der Waals surface area contributed by atoms with E-state index in [1.165, 1.54) is 0 Å². The first-order valence-corrected chi connectivity index (χ1v) is 7.80. The van der Waals surface area contributed by atoms with E-state index in [0.717, 1.165) is 23.1 Å². The molecule has 0 aliphatic heterocycles. The largest absolute Gasteiger partial charge is 0.241 e. The van der Waals surface area contributed by atoms with Crippen LogP contribution in [0.15, 0.2) is 17.0 Å². The van der Waals surface area contributed by atoms with Gasteiger partial charge in [-0.2, -0.15) is 0 Å². The first kappa shape index (κ1) is 15.2. The molecule has 0 amide bonds. The van der Waals surface area contributed by atoms with E-state index in [1.807, 2.05) is 32.9 Å². The fraction of sp³-hybridized carbons (Fsp3) is 0.571. The smallest absolute Gasteiger partial charge is 0.211 e. The Hall–Kier alpha value is -0.870. The van der Waals surface area contributed by atoms with Gasteiger partial charge in [-0.1, -0.05) is 31.5 Å². The summed E-state index contributed by atoms with van der Waals surface area (Å²) >= 11 is 0. The highest BCUT2D eigenvalue weighted by molar-refractivity contribution is 7.89. The number of hydrogen-bond acceptors (Lipinski definition) is 2. The molecule has 0 aliphatic carbocycles. The molecule has 0 spiro atoms. The second kappa shape index (κ2) is 5.85. The normalized spacial score (nSPS) is 12.1. The van der Waals surface area contributed by atoms with Crippen LogP contribution in [0.1, 0.15) is 37.0 Å². The summed E-state index contributed by atoms with van der Waals surface area (Å²) in [6, 6.07) is 3.81. The molecule has 0 heterocycles. The number of hydrogen-bond donors (Lipinski definition) is 1. The van der Waals surface area contributed by atoms with Crippen molar-refractivity contribution in [2.75, 3.05) is 6.54 Å². The highest BCUT2D eigenvalue weighted by Crippen LogP contribution is 2.21.